The van der Waals surface area contributed by atoms with Crippen LogP contribution >= 0.6 is 0 Å². The van der Waals surface area contributed by atoms with E-state index >= 15 is 0 Å². The van der Waals surface area contributed by atoms with Gasteiger partial charge in [-0.25, -0.2) is 4.98 Å². The molecule has 1 amide bonds. The molecular formula is C12H10F3N5O3. The van der Waals surface area contributed by atoms with Crippen LogP contribution in [0.3, 0.4) is 0 Å². The summed E-state index contributed by atoms with van der Waals surface area (Å²) in [7, 11) is 0. The Kier molecular flexibility index (Phi) is 4.57. The van der Waals surface area contributed by atoms with Gasteiger partial charge in [0.15, 0.2) is 0 Å². The van der Waals surface area contributed by atoms with E-state index in [1.165, 1.54) is 6.33 Å². The topological polar surface area (TPSA) is 114 Å². The van der Waals surface area contributed by atoms with Crippen LogP contribution in [-0.2, 0) is 12.6 Å². The van der Waals surface area contributed by atoms with Gasteiger partial charge in [-0.15, -0.1) is 0 Å². The van der Waals surface area contributed by atoms with Crippen molar-refractivity contribution in [2.45, 2.75) is 12.6 Å². The van der Waals surface area contributed by atoms with Gasteiger partial charge in [-0.05, 0) is 12.1 Å². The second-order valence-corrected chi connectivity index (χ2v) is 4.42. The molecule has 11 heteroatoms. The van der Waals surface area contributed by atoms with Gasteiger partial charge >= 0.3 is 6.18 Å². The lowest BCUT2D eigenvalue weighted by molar-refractivity contribution is -0.385. The van der Waals surface area contributed by atoms with Crippen molar-refractivity contribution in [3.05, 3.63) is 51.6 Å². The highest BCUT2D eigenvalue weighted by Crippen LogP contribution is 2.32. The minimum atomic E-state index is -4.73. The Morgan fingerprint density at radius 3 is 2.70 bits per heavy atom. The Hall–Kier alpha value is -2.98. The Labute approximate surface area is 126 Å². The number of aromatic amines is 1. The number of hydrogen-bond donors (Lipinski definition) is 2. The molecule has 0 unspecified atom stereocenters. The third kappa shape index (κ3) is 4.02. The second kappa shape index (κ2) is 6.42. The summed E-state index contributed by atoms with van der Waals surface area (Å²) in [5, 5.41) is 19.4. The smallest absolute Gasteiger partial charge is 0.351 e. The summed E-state index contributed by atoms with van der Waals surface area (Å²) in [5.74, 6) is -0.350. The number of H-pyrrole nitrogens is 1. The van der Waals surface area contributed by atoms with E-state index in [9.17, 15) is 28.1 Å². The molecule has 0 saturated heterocycles. The minimum absolute atomic E-state index is 0.0895. The third-order valence-electron chi connectivity index (χ3n) is 2.88. The van der Waals surface area contributed by atoms with Gasteiger partial charge in [0.1, 0.15) is 17.7 Å². The van der Waals surface area contributed by atoms with Crippen molar-refractivity contribution in [2.24, 2.45) is 0 Å². The first-order chi connectivity index (χ1) is 10.8. The summed E-state index contributed by atoms with van der Waals surface area (Å²) in [6.07, 6.45) is -3.16. The fourth-order valence-electron chi connectivity index (χ4n) is 1.79. The molecule has 0 spiro atoms. The van der Waals surface area contributed by atoms with Gasteiger partial charge in [-0.3, -0.25) is 20.0 Å². The number of halogens is 3. The molecule has 0 aliphatic carbocycles. The summed E-state index contributed by atoms with van der Waals surface area (Å²) in [5.41, 5.74) is -2.54. The Morgan fingerprint density at radius 1 is 1.39 bits per heavy atom. The molecule has 23 heavy (non-hydrogen) atoms. The van der Waals surface area contributed by atoms with E-state index < -0.39 is 33.8 Å². The fourth-order valence-corrected chi connectivity index (χ4v) is 1.79. The van der Waals surface area contributed by atoms with Crippen molar-refractivity contribution in [1.29, 1.82) is 0 Å². The average molecular weight is 329 g/mol. The first kappa shape index (κ1) is 16.4. The van der Waals surface area contributed by atoms with Crippen molar-refractivity contribution in [3.63, 3.8) is 0 Å². The van der Waals surface area contributed by atoms with Crippen molar-refractivity contribution >= 4 is 11.6 Å². The van der Waals surface area contributed by atoms with Crippen LogP contribution in [0.2, 0.25) is 0 Å². The Balaban J connectivity index is 2.14. The highest BCUT2D eigenvalue weighted by Gasteiger charge is 2.33. The van der Waals surface area contributed by atoms with Gasteiger partial charge in [0.2, 0.25) is 0 Å². The van der Waals surface area contributed by atoms with E-state index in [0.717, 1.165) is 6.07 Å². The number of rotatable bonds is 5. The largest absolute Gasteiger partial charge is 0.416 e. The van der Waals surface area contributed by atoms with Gasteiger partial charge in [0.05, 0.1) is 10.5 Å². The van der Waals surface area contributed by atoms with Crippen molar-refractivity contribution < 1.29 is 22.9 Å². The first-order valence-corrected chi connectivity index (χ1v) is 6.27. The number of carbonyl (C=O) groups is 1. The lowest BCUT2D eigenvalue weighted by Gasteiger charge is -2.09. The lowest BCUT2D eigenvalue weighted by atomic mass is 10.1. The first-order valence-electron chi connectivity index (χ1n) is 6.27. The van der Waals surface area contributed by atoms with Crippen LogP contribution in [0.4, 0.5) is 18.9 Å². The zero-order valence-corrected chi connectivity index (χ0v) is 11.4. The van der Waals surface area contributed by atoms with Gasteiger partial charge in [0, 0.05) is 19.0 Å². The zero-order valence-electron chi connectivity index (χ0n) is 11.4. The van der Waals surface area contributed by atoms with Crippen LogP contribution < -0.4 is 5.32 Å². The number of alkyl halides is 3. The maximum Gasteiger partial charge on any atom is 0.416 e. The maximum atomic E-state index is 12.6. The van der Waals surface area contributed by atoms with Crippen LogP contribution in [0, 0.1) is 10.1 Å². The van der Waals surface area contributed by atoms with Gasteiger partial charge in [-0.2, -0.15) is 18.3 Å². The normalized spacial score (nSPS) is 11.3. The molecule has 0 fully saturated rings. The maximum absolute atomic E-state index is 12.6. The molecule has 122 valence electrons. The highest BCUT2D eigenvalue weighted by atomic mass is 19.4. The number of carbonyl (C=O) groups excluding carboxylic acids is 1. The van der Waals surface area contributed by atoms with E-state index in [1.54, 1.807) is 0 Å². The quantitative estimate of drug-likeness (QED) is 0.640. The predicted octanol–water partition coefficient (Wildman–Crippen LogP) is 1.70. The standard InChI is InChI=1S/C12H10F3N5O3/c13-12(14,15)7-1-2-8(9(5-7)20(22)23)11(21)16-4-3-10-17-6-18-19-10/h1-2,5-6H,3-4H2,(H,16,21)(H,17,18,19). The zero-order chi connectivity index (χ0) is 17.0. The van der Waals surface area contributed by atoms with E-state index in [4.69, 9.17) is 0 Å². The second-order valence-electron chi connectivity index (χ2n) is 4.42. The Bertz CT molecular complexity index is 715. The molecule has 1 heterocycles. The van der Waals surface area contributed by atoms with Gasteiger partial charge in [0.25, 0.3) is 11.6 Å². The molecule has 1 aromatic carbocycles. The molecule has 2 N–H and O–H groups in total. The molecule has 1 aromatic heterocycles. The van der Waals surface area contributed by atoms with Crippen LogP contribution in [0.25, 0.3) is 0 Å². The van der Waals surface area contributed by atoms with Gasteiger partial charge in [-0.1, -0.05) is 0 Å². The van der Waals surface area contributed by atoms with E-state index in [1.807, 2.05) is 0 Å². The molecule has 0 bridgehead atoms. The molecule has 0 saturated carbocycles. The van der Waals surface area contributed by atoms with E-state index in [-0.39, 0.29) is 6.54 Å². The third-order valence-corrected chi connectivity index (χ3v) is 2.88. The molecule has 2 aromatic rings. The predicted molar refractivity (Wildman–Crippen MR) is 70.5 cm³/mol. The summed E-state index contributed by atoms with van der Waals surface area (Å²) in [4.78, 5) is 25.6. The molecule has 8 nitrogen and oxygen atoms in total. The number of amides is 1. The number of hydrogen-bond acceptors (Lipinski definition) is 5. The van der Waals surface area contributed by atoms with Gasteiger partial charge < -0.3 is 5.32 Å². The minimum Gasteiger partial charge on any atom is -0.351 e. The number of aromatic nitrogens is 3. The highest BCUT2D eigenvalue weighted by molar-refractivity contribution is 5.98. The van der Waals surface area contributed by atoms with E-state index in [2.05, 4.69) is 20.5 Å². The number of nitro groups is 1. The number of nitrogens with zero attached hydrogens (tertiary/aromatic N) is 3. The number of benzene rings is 1. The summed E-state index contributed by atoms with van der Waals surface area (Å²) < 4.78 is 37.8. The SMILES string of the molecule is O=C(NCCc1ncn[nH]1)c1ccc(C(F)(F)F)cc1[N+](=O)[O-]. The Morgan fingerprint density at radius 2 is 2.13 bits per heavy atom. The average Bonchev–Trinajstić information content (AvgIpc) is 2.98. The molecule has 0 aliphatic heterocycles. The number of nitrogens with one attached hydrogen (secondary N) is 2. The monoisotopic (exact) mass is 329 g/mol. The lowest BCUT2D eigenvalue weighted by Crippen LogP contribution is -2.27. The summed E-state index contributed by atoms with van der Waals surface area (Å²) in [6.45, 7) is 0.0895. The van der Waals surface area contributed by atoms with Crippen LogP contribution in [0.5, 0.6) is 0 Å². The van der Waals surface area contributed by atoms with Crippen molar-refractivity contribution in [3.8, 4) is 0 Å². The summed E-state index contributed by atoms with van der Waals surface area (Å²) >= 11 is 0. The van der Waals surface area contributed by atoms with Crippen LogP contribution in [0.1, 0.15) is 21.7 Å². The molecule has 0 aliphatic rings. The van der Waals surface area contributed by atoms with Crippen molar-refractivity contribution in [2.75, 3.05) is 6.54 Å². The summed E-state index contributed by atoms with van der Waals surface area (Å²) in [6, 6.07) is 1.74. The molecule has 2 rings (SSSR count). The van der Waals surface area contributed by atoms with Crippen molar-refractivity contribution in [1.82, 2.24) is 20.5 Å². The van der Waals surface area contributed by atoms with E-state index in [0.29, 0.717) is 24.4 Å². The number of nitro benzene ring substituents is 1. The molecule has 0 atom stereocenters. The molecule has 0 radical (unpaired) electrons. The molecular weight excluding hydrogens is 319 g/mol. The fraction of sp³-hybridized carbons (Fsp3) is 0.250. The van der Waals surface area contributed by atoms with Crippen LogP contribution in [-0.4, -0.2) is 32.6 Å². The van der Waals surface area contributed by atoms with Crippen LogP contribution in [0.15, 0.2) is 24.5 Å².